The summed E-state index contributed by atoms with van der Waals surface area (Å²) in [5, 5.41) is 24.4. The Morgan fingerprint density at radius 1 is 0.952 bits per heavy atom. The zero-order chi connectivity index (χ0) is 14.8. The Bertz CT molecular complexity index is 843. The fourth-order valence-electron chi connectivity index (χ4n) is 2.47. The molecule has 3 rings (SSSR count). The number of hydrogen-bond donors (Lipinski definition) is 2. The second kappa shape index (κ2) is 5.55. The number of nitrogens with zero attached hydrogens (tertiary/aromatic N) is 1. The number of fused-ring (bicyclic) bond motifs is 1. The van der Waals surface area contributed by atoms with Gasteiger partial charge in [0, 0.05) is 10.9 Å². The first-order valence-electron chi connectivity index (χ1n) is 6.49. The molecule has 1 atom stereocenters. The molecule has 0 saturated carbocycles. The normalized spacial score (nSPS) is 11.3. The van der Waals surface area contributed by atoms with Crippen LogP contribution in [-0.2, 0) is 0 Å². The van der Waals surface area contributed by atoms with E-state index in [1.54, 1.807) is 6.07 Å². The van der Waals surface area contributed by atoms with E-state index >= 15 is 0 Å². The van der Waals surface area contributed by atoms with E-state index in [9.17, 15) is 5.11 Å². The molecule has 0 bridgehead atoms. The lowest BCUT2D eigenvalue weighted by Gasteiger charge is -2.10. The number of phenolic OH excluding ortho intramolecular Hbond substituents is 1. The second-order valence-corrected chi connectivity index (χ2v) is 5.39. The van der Waals surface area contributed by atoms with Crippen LogP contribution in [0.2, 0.25) is 0 Å². The number of phenols is 1. The van der Waals surface area contributed by atoms with E-state index in [0.29, 0.717) is 0 Å². The van der Waals surface area contributed by atoms with Crippen LogP contribution in [-0.4, -0.2) is 16.5 Å². The Balaban J connectivity index is 2.28. The monoisotopic (exact) mass is 295 g/mol. The minimum absolute atomic E-state index is 0.261. The summed E-state index contributed by atoms with van der Waals surface area (Å²) in [5.74, 6) is 0.261. The average Bonchev–Trinajstić information content (AvgIpc) is 2.51. The summed E-state index contributed by atoms with van der Waals surface area (Å²) in [7, 11) is 2.53. The highest BCUT2D eigenvalue weighted by molar-refractivity contribution is 7.27. The molecule has 0 spiro atoms. The van der Waals surface area contributed by atoms with Gasteiger partial charge in [0.05, 0.1) is 6.21 Å². The maximum Gasteiger partial charge on any atom is 0.122 e. The fraction of sp³-hybridized carbons (Fsp3) is 0. The zero-order valence-corrected chi connectivity index (χ0v) is 12.3. The van der Waals surface area contributed by atoms with Crippen molar-refractivity contribution in [2.24, 2.45) is 5.16 Å². The molecular weight excluding hydrogens is 281 g/mol. The van der Waals surface area contributed by atoms with E-state index in [4.69, 9.17) is 5.21 Å². The topological polar surface area (TPSA) is 52.8 Å². The van der Waals surface area contributed by atoms with Gasteiger partial charge < -0.3 is 10.3 Å². The van der Waals surface area contributed by atoms with E-state index in [1.165, 1.54) is 6.21 Å². The van der Waals surface area contributed by atoms with Crippen LogP contribution >= 0.6 is 9.24 Å². The molecule has 3 aromatic rings. The first-order chi connectivity index (χ1) is 10.2. The van der Waals surface area contributed by atoms with Crippen molar-refractivity contribution in [1.82, 2.24) is 0 Å². The predicted molar refractivity (Wildman–Crippen MR) is 89.8 cm³/mol. The first kappa shape index (κ1) is 13.6. The molecule has 0 saturated heterocycles. The number of rotatable bonds is 2. The van der Waals surface area contributed by atoms with Crippen molar-refractivity contribution in [3.63, 3.8) is 0 Å². The standard InChI is InChI=1S/C17H14NO2P/c19-16-8-6-11(9-17(16)21)14-7-5-12(10-18-20)13-3-1-2-4-15(13)14/h1-10,19-20H,21H2/b18-10+. The summed E-state index contributed by atoms with van der Waals surface area (Å²) >= 11 is 0. The molecule has 21 heavy (non-hydrogen) atoms. The lowest BCUT2D eigenvalue weighted by Crippen LogP contribution is -1.93. The smallest absolute Gasteiger partial charge is 0.122 e. The van der Waals surface area contributed by atoms with E-state index in [2.05, 4.69) is 14.4 Å². The van der Waals surface area contributed by atoms with Crippen LogP contribution < -0.4 is 5.30 Å². The minimum atomic E-state index is 0.261. The van der Waals surface area contributed by atoms with Gasteiger partial charge in [-0.2, -0.15) is 0 Å². The van der Waals surface area contributed by atoms with Crippen LogP contribution in [0.3, 0.4) is 0 Å². The van der Waals surface area contributed by atoms with Crippen molar-refractivity contribution in [1.29, 1.82) is 0 Å². The molecule has 0 fully saturated rings. The van der Waals surface area contributed by atoms with Crippen LogP contribution in [0.5, 0.6) is 5.75 Å². The highest BCUT2D eigenvalue weighted by atomic mass is 31.0. The van der Waals surface area contributed by atoms with Gasteiger partial charge in [-0.3, -0.25) is 0 Å². The number of oxime groups is 1. The van der Waals surface area contributed by atoms with Crippen LogP contribution in [0.25, 0.3) is 21.9 Å². The van der Waals surface area contributed by atoms with Crippen molar-refractivity contribution in [2.75, 3.05) is 0 Å². The van der Waals surface area contributed by atoms with Gasteiger partial charge in [0.15, 0.2) is 0 Å². The molecule has 0 amide bonds. The van der Waals surface area contributed by atoms with Crippen molar-refractivity contribution < 1.29 is 10.3 Å². The van der Waals surface area contributed by atoms with Crippen molar-refractivity contribution in [3.05, 3.63) is 60.2 Å². The largest absolute Gasteiger partial charge is 0.507 e. The van der Waals surface area contributed by atoms with Gasteiger partial charge in [0.2, 0.25) is 0 Å². The van der Waals surface area contributed by atoms with E-state index in [0.717, 1.165) is 32.8 Å². The minimum Gasteiger partial charge on any atom is -0.507 e. The van der Waals surface area contributed by atoms with Gasteiger partial charge in [-0.1, -0.05) is 47.6 Å². The third-order valence-electron chi connectivity index (χ3n) is 3.49. The lowest BCUT2D eigenvalue weighted by atomic mass is 9.95. The summed E-state index contributed by atoms with van der Waals surface area (Å²) in [6, 6.07) is 17.4. The number of benzene rings is 3. The fourth-order valence-corrected chi connectivity index (χ4v) is 2.75. The van der Waals surface area contributed by atoms with E-state index < -0.39 is 0 Å². The van der Waals surface area contributed by atoms with Crippen LogP contribution in [0.1, 0.15) is 5.56 Å². The van der Waals surface area contributed by atoms with Gasteiger partial charge in [0.1, 0.15) is 5.75 Å². The lowest BCUT2D eigenvalue weighted by molar-refractivity contribution is 0.322. The Morgan fingerprint density at radius 3 is 2.43 bits per heavy atom. The van der Waals surface area contributed by atoms with Gasteiger partial charge in [-0.15, -0.1) is 9.24 Å². The third kappa shape index (κ3) is 2.48. The number of aromatic hydroxyl groups is 1. The average molecular weight is 295 g/mol. The molecule has 0 aromatic heterocycles. The summed E-state index contributed by atoms with van der Waals surface area (Å²) < 4.78 is 0. The molecule has 1 unspecified atom stereocenters. The first-order valence-corrected chi connectivity index (χ1v) is 7.06. The summed E-state index contributed by atoms with van der Waals surface area (Å²) in [6.45, 7) is 0. The molecule has 104 valence electrons. The van der Waals surface area contributed by atoms with E-state index in [-0.39, 0.29) is 5.75 Å². The van der Waals surface area contributed by atoms with Gasteiger partial charge >= 0.3 is 0 Å². The predicted octanol–water partition coefficient (Wildman–Crippen LogP) is 3.52. The van der Waals surface area contributed by atoms with Gasteiger partial charge in [-0.05, 0) is 34.0 Å². The maximum absolute atomic E-state index is 9.65. The molecule has 0 radical (unpaired) electrons. The van der Waals surface area contributed by atoms with Crippen molar-refractivity contribution >= 4 is 31.5 Å². The van der Waals surface area contributed by atoms with Crippen LogP contribution in [0, 0.1) is 0 Å². The molecule has 0 aliphatic heterocycles. The maximum atomic E-state index is 9.65. The molecule has 0 heterocycles. The SMILES string of the molecule is O/N=C/c1ccc(-c2ccc(O)c(P)c2)c2ccccc12. The van der Waals surface area contributed by atoms with Crippen molar-refractivity contribution in [2.45, 2.75) is 0 Å². The van der Waals surface area contributed by atoms with Crippen LogP contribution in [0.15, 0.2) is 59.8 Å². The quantitative estimate of drug-likeness (QED) is 0.329. The molecule has 2 N–H and O–H groups in total. The zero-order valence-electron chi connectivity index (χ0n) is 11.2. The summed E-state index contributed by atoms with van der Waals surface area (Å²) in [6.07, 6.45) is 1.43. The summed E-state index contributed by atoms with van der Waals surface area (Å²) in [4.78, 5) is 0. The summed E-state index contributed by atoms with van der Waals surface area (Å²) in [5.41, 5.74) is 2.97. The Labute approximate surface area is 124 Å². The highest BCUT2D eigenvalue weighted by Gasteiger charge is 2.08. The molecular formula is C17H14NO2P. The highest BCUT2D eigenvalue weighted by Crippen LogP contribution is 2.31. The Kier molecular flexibility index (Phi) is 3.59. The Morgan fingerprint density at radius 2 is 1.71 bits per heavy atom. The second-order valence-electron chi connectivity index (χ2n) is 4.77. The van der Waals surface area contributed by atoms with Crippen molar-refractivity contribution in [3.8, 4) is 16.9 Å². The van der Waals surface area contributed by atoms with E-state index in [1.807, 2.05) is 48.5 Å². The molecule has 3 nitrogen and oxygen atoms in total. The molecule has 4 heteroatoms. The molecule has 0 aliphatic carbocycles. The third-order valence-corrected chi connectivity index (χ3v) is 3.96. The van der Waals surface area contributed by atoms with Crippen LogP contribution in [0.4, 0.5) is 0 Å². The molecule has 0 aliphatic rings. The Hall–Kier alpha value is -2.38. The molecule has 3 aromatic carbocycles. The van der Waals surface area contributed by atoms with Gasteiger partial charge in [-0.25, -0.2) is 0 Å². The van der Waals surface area contributed by atoms with Gasteiger partial charge in [0.25, 0.3) is 0 Å². The number of hydrogen-bond acceptors (Lipinski definition) is 3.